The number of ether oxygens (including phenoxy) is 2. The summed E-state index contributed by atoms with van der Waals surface area (Å²) < 4.78 is 11.3. The molecule has 9 nitrogen and oxygen atoms in total. The zero-order valence-electron chi connectivity index (χ0n) is 16.0. The molecule has 0 unspecified atom stereocenters. The van der Waals surface area contributed by atoms with E-state index in [1.807, 2.05) is 19.1 Å². The fourth-order valence-corrected chi connectivity index (χ4v) is 2.47. The topological polar surface area (TPSA) is 118 Å². The number of aromatic nitrogens is 3. The Morgan fingerprint density at radius 1 is 1.14 bits per heavy atom. The Morgan fingerprint density at radius 2 is 2.00 bits per heavy atom. The van der Waals surface area contributed by atoms with Crippen molar-refractivity contribution in [2.45, 2.75) is 6.92 Å². The first-order valence-corrected chi connectivity index (χ1v) is 8.87. The van der Waals surface area contributed by atoms with E-state index in [-0.39, 0.29) is 19.2 Å². The minimum Gasteiger partial charge on any atom is -0.475 e. The summed E-state index contributed by atoms with van der Waals surface area (Å²) in [5.41, 5.74) is 2.37. The Balaban J connectivity index is 1.95. The monoisotopic (exact) mass is 395 g/mol. The minimum atomic E-state index is -0.388. The Bertz CT molecular complexity index is 979. The zero-order valence-corrected chi connectivity index (χ0v) is 16.0. The van der Waals surface area contributed by atoms with Gasteiger partial charge in [0.25, 0.3) is 0 Å². The van der Waals surface area contributed by atoms with Crippen molar-refractivity contribution in [1.82, 2.24) is 20.3 Å². The van der Waals surface area contributed by atoms with Crippen LogP contribution in [-0.4, -0.2) is 46.4 Å². The lowest BCUT2D eigenvalue weighted by atomic mass is 10.1. The number of rotatable bonds is 7. The van der Waals surface area contributed by atoms with Crippen LogP contribution in [0.5, 0.6) is 17.4 Å². The number of nitrogens with one attached hydrogen (secondary N) is 2. The van der Waals surface area contributed by atoms with Crippen LogP contribution < -0.4 is 20.1 Å². The smallest absolute Gasteiger partial charge is 0.320 e. The first kappa shape index (κ1) is 20.0. The van der Waals surface area contributed by atoms with Gasteiger partial charge < -0.3 is 19.9 Å². The molecule has 2 amide bonds. The van der Waals surface area contributed by atoms with Gasteiger partial charge in [0.05, 0.1) is 12.8 Å². The second-order valence-corrected chi connectivity index (χ2v) is 6.03. The summed E-state index contributed by atoms with van der Waals surface area (Å²) in [7, 11) is 1.52. The standard InChI is InChI=1S/C20H21N5O4/c1-13-7-15(11-22-9-13)29-17-8-18(25-20(27)21-2)23-12-16(17)14-3-4-19(24-10-14)28-6-5-26/h3-4,7-12,26H,5-6H2,1-2H3,(H2,21,23,25,27). The van der Waals surface area contributed by atoms with E-state index in [9.17, 15) is 4.79 Å². The fraction of sp³-hybridized carbons (Fsp3) is 0.200. The molecule has 3 N–H and O–H groups in total. The van der Waals surface area contributed by atoms with Gasteiger partial charge in [-0.2, -0.15) is 0 Å². The molecule has 150 valence electrons. The normalized spacial score (nSPS) is 10.3. The number of urea groups is 1. The van der Waals surface area contributed by atoms with Gasteiger partial charge in [0.1, 0.15) is 23.9 Å². The van der Waals surface area contributed by atoms with Crippen molar-refractivity contribution in [3.8, 4) is 28.5 Å². The molecule has 0 radical (unpaired) electrons. The molecule has 3 heterocycles. The summed E-state index contributed by atoms with van der Waals surface area (Å²) in [5.74, 6) is 1.77. The number of hydrogen-bond acceptors (Lipinski definition) is 7. The van der Waals surface area contributed by atoms with Gasteiger partial charge in [0.15, 0.2) is 0 Å². The van der Waals surface area contributed by atoms with Crippen molar-refractivity contribution in [2.24, 2.45) is 0 Å². The molecule has 0 atom stereocenters. The van der Waals surface area contributed by atoms with Gasteiger partial charge in [-0.1, -0.05) is 0 Å². The SMILES string of the molecule is CNC(=O)Nc1cc(Oc2cncc(C)c2)c(-c2ccc(OCCO)nc2)cn1. The number of pyridine rings is 3. The number of aryl methyl sites for hydroxylation is 1. The Kier molecular flexibility index (Phi) is 6.54. The minimum absolute atomic E-state index is 0.0876. The molecule has 0 saturated carbocycles. The molecule has 9 heteroatoms. The molecule has 3 aromatic rings. The van der Waals surface area contributed by atoms with Crippen LogP contribution in [0.4, 0.5) is 10.6 Å². The van der Waals surface area contributed by atoms with Crippen molar-refractivity contribution in [2.75, 3.05) is 25.6 Å². The van der Waals surface area contributed by atoms with Crippen LogP contribution in [0.3, 0.4) is 0 Å². The molecule has 0 spiro atoms. The summed E-state index contributed by atoms with van der Waals surface area (Å²) in [6, 6.07) is 6.60. The lowest BCUT2D eigenvalue weighted by Crippen LogP contribution is -2.24. The number of amides is 2. The molecule has 0 aliphatic heterocycles. The third kappa shape index (κ3) is 5.39. The van der Waals surface area contributed by atoms with Crippen LogP contribution in [0.15, 0.2) is 49.1 Å². The maximum absolute atomic E-state index is 11.6. The highest BCUT2D eigenvalue weighted by molar-refractivity contribution is 5.88. The number of aliphatic hydroxyl groups is 1. The second kappa shape index (κ2) is 9.47. The summed E-state index contributed by atoms with van der Waals surface area (Å²) in [4.78, 5) is 24.3. The van der Waals surface area contributed by atoms with Crippen LogP contribution in [0.2, 0.25) is 0 Å². The van der Waals surface area contributed by atoms with Gasteiger partial charge in [-0.3, -0.25) is 10.3 Å². The van der Waals surface area contributed by atoms with Crippen molar-refractivity contribution in [1.29, 1.82) is 0 Å². The molecular weight excluding hydrogens is 374 g/mol. The molecule has 0 bridgehead atoms. The lowest BCUT2D eigenvalue weighted by Gasteiger charge is -2.13. The van der Waals surface area contributed by atoms with Crippen LogP contribution in [0, 0.1) is 6.92 Å². The number of hydrogen-bond donors (Lipinski definition) is 3. The third-order valence-electron chi connectivity index (χ3n) is 3.80. The predicted molar refractivity (Wildman–Crippen MR) is 107 cm³/mol. The van der Waals surface area contributed by atoms with Crippen LogP contribution in [0.25, 0.3) is 11.1 Å². The number of carbonyl (C=O) groups excluding carboxylic acids is 1. The molecule has 3 rings (SSSR count). The molecule has 0 aromatic carbocycles. The maximum atomic E-state index is 11.6. The average molecular weight is 395 g/mol. The number of carbonyl (C=O) groups is 1. The molecule has 0 fully saturated rings. The summed E-state index contributed by atoms with van der Waals surface area (Å²) in [6.45, 7) is 2.00. The van der Waals surface area contributed by atoms with Crippen LogP contribution >= 0.6 is 0 Å². The third-order valence-corrected chi connectivity index (χ3v) is 3.80. The van der Waals surface area contributed by atoms with Gasteiger partial charge in [-0.15, -0.1) is 0 Å². The van der Waals surface area contributed by atoms with Crippen molar-refractivity contribution < 1.29 is 19.4 Å². The van der Waals surface area contributed by atoms with E-state index in [0.29, 0.717) is 28.8 Å². The van der Waals surface area contributed by atoms with Crippen molar-refractivity contribution >= 4 is 11.8 Å². The summed E-state index contributed by atoms with van der Waals surface area (Å²) in [5, 5.41) is 13.9. The Labute approximate surface area is 167 Å². The Morgan fingerprint density at radius 3 is 2.69 bits per heavy atom. The molecule has 0 aliphatic rings. The van der Waals surface area contributed by atoms with Crippen LogP contribution in [-0.2, 0) is 0 Å². The van der Waals surface area contributed by atoms with E-state index in [0.717, 1.165) is 11.1 Å². The van der Waals surface area contributed by atoms with Crippen LogP contribution in [0.1, 0.15) is 5.56 Å². The van der Waals surface area contributed by atoms with Crippen molar-refractivity contribution in [3.63, 3.8) is 0 Å². The highest BCUT2D eigenvalue weighted by Gasteiger charge is 2.13. The van der Waals surface area contributed by atoms with Crippen molar-refractivity contribution in [3.05, 3.63) is 54.6 Å². The summed E-state index contributed by atoms with van der Waals surface area (Å²) >= 11 is 0. The van der Waals surface area contributed by atoms with E-state index < -0.39 is 0 Å². The van der Waals surface area contributed by atoms with Gasteiger partial charge >= 0.3 is 6.03 Å². The largest absolute Gasteiger partial charge is 0.475 e. The maximum Gasteiger partial charge on any atom is 0.320 e. The highest BCUT2D eigenvalue weighted by atomic mass is 16.5. The van der Waals surface area contributed by atoms with Gasteiger partial charge in [-0.25, -0.2) is 14.8 Å². The van der Waals surface area contributed by atoms with Gasteiger partial charge in [-0.05, 0) is 24.6 Å². The quantitative estimate of drug-likeness (QED) is 0.563. The molecule has 0 saturated heterocycles. The van der Waals surface area contributed by atoms with Gasteiger partial charge in [0.2, 0.25) is 5.88 Å². The number of nitrogens with zero attached hydrogens (tertiary/aromatic N) is 3. The fourth-order valence-electron chi connectivity index (χ4n) is 2.47. The first-order chi connectivity index (χ1) is 14.1. The van der Waals surface area contributed by atoms with E-state index >= 15 is 0 Å². The molecule has 29 heavy (non-hydrogen) atoms. The highest BCUT2D eigenvalue weighted by Crippen LogP contribution is 2.34. The lowest BCUT2D eigenvalue weighted by molar-refractivity contribution is 0.196. The zero-order chi connectivity index (χ0) is 20.6. The molecular formula is C20H21N5O4. The predicted octanol–water partition coefficient (Wildman–Crippen LogP) is 2.76. The van der Waals surface area contributed by atoms with Gasteiger partial charge in [0, 0.05) is 48.9 Å². The number of anilines is 1. The Hall–Kier alpha value is -3.72. The first-order valence-electron chi connectivity index (χ1n) is 8.87. The molecule has 3 aromatic heterocycles. The molecule has 0 aliphatic carbocycles. The van der Waals surface area contributed by atoms with E-state index in [1.54, 1.807) is 36.9 Å². The second-order valence-electron chi connectivity index (χ2n) is 6.03. The van der Waals surface area contributed by atoms with E-state index in [2.05, 4.69) is 25.6 Å². The van der Waals surface area contributed by atoms with E-state index in [1.165, 1.54) is 7.05 Å². The summed E-state index contributed by atoms with van der Waals surface area (Å²) in [6.07, 6.45) is 6.55. The average Bonchev–Trinajstić information content (AvgIpc) is 2.73. The van der Waals surface area contributed by atoms with E-state index in [4.69, 9.17) is 14.6 Å². The number of aliphatic hydroxyl groups excluding tert-OH is 1.